The minimum atomic E-state index is -2.45. The maximum Gasteiger partial charge on any atom is 0.168 e. The Labute approximate surface area is 74.2 Å². The van der Waals surface area contributed by atoms with E-state index in [2.05, 4.69) is 0 Å². The second-order valence-electron chi connectivity index (χ2n) is 2.97. The van der Waals surface area contributed by atoms with Gasteiger partial charge in [-0.3, -0.25) is 0 Å². The van der Waals surface area contributed by atoms with Crippen molar-refractivity contribution in [3.05, 3.63) is 29.8 Å². The van der Waals surface area contributed by atoms with Gasteiger partial charge in [-0.2, -0.15) is 0 Å². The van der Waals surface area contributed by atoms with E-state index < -0.39 is 10.7 Å². The Morgan fingerprint density at radius 1 is 1.17 bits per heavy atom. The van der Waals surface area contributed by atoms with E-state index in [1.165, 1.54) is 0 Å². The first-order valence-electron chi connectivity index (χ1n) is 3.86. The van der Waals surface area contributed by atoms with Crippen LogP contribution < -0.4 is 0 Å². The molecular weight excluding hydrogens is 172 g/mol. The van der Waals surface area contributed by atoms with Gasteiger partial charge in [0.2, 0.25) is 0 Å². The van der Waals surface area contributed by atoms with Crippen LogP contribution in [0.25, 0.3) is 0 Å². The molecule has 0 aliphatic heterocycles. The van der Waals surface area contributed by atoms with Crippen LogP contribution in [0.2, 0.25) is 0 Å². The van der Waals surface area contributed by atoms with Crippen LogP contribution in [0.3, 0.4) is 0 Å². The third-order valence-corrected chi connectivity index (χ3v) is 2.56. The van der Waals surface area contributed by atoms with E-state index in [1.807, 2.05) is 26.0 Å². The van der Waals surface area contributed by atoms with Gasteiger partial charge in [0.15, 0.2) is 10.7 Å². The van der Waals surface area contributed by atoms with Crippen LogP contribution >= 0.6 is 0 Å². The van der Waals surface area contributed by atoms with Gasteiger partial charge in [-0.05, 0) is 17.5 Å². The Kier molecular flexibility index (Phi) is 2.87. The average Bonchev–Trinajstić information content (AvgIpc) is 2.04. The first-order chi connectivity index (χ1) is 5.63. The zero-order valence-corrected chi connectivity index (χ0v) is 8.04. The van der Waals surface area contributed by atoms with Gasteiger partial charge in [-0.15, -0.1) is 0 Å². The first kappa shape index (κ1) is 9.26. The SMILES string of the molecule is CC(C)c1ccccc1[SH](=O)=O. The van der Waals surface area contributed by atoms with E-state index in [9.17, 15) is 8.42 Å². The molecule has 1 rings (SSSR count). The molecule has 0 amide bonds. The van der Waals surface area contributed by atoms with Crippen LogP contribution in [0, 0.1) is 0 Å². The van der Waals surface area contributed by atoms with E-state index in [4.69, 9.17) is 0 Å². The van der Waals surface area contributed by atoms with Crippen molar-refractivity contribution in [3.8, 4) is 0 Å². The van der Waals surface area contributed by atoms with Gasteiger partial charge in [0.1, 0.15) is 0 Å². The minimum Gasteiger partial charge on any atom is -0.227 e. The second-order valence-corrected chi connectivity index (χ2v) is 3.97. The summed E-state index contributed by atoms with van der Waals surface area (Å²) in [6, 6.07) is 7.09. The molecule has 0 unspecified atom stereocenters. The van der Waals surface area contributed by atoms with Crippen molar-refractivity contribution in [1.82, 2.24) is 0 Å². The molecule has 0 atom stereocenters. The molecule has 3 heteroatoms. The summed E-state index contributed by atoms with van der Waals surface area (Å²) >= 11 is 0. The molecule has 2 nitrogen and oxygen atoms in total. The van der Waals surface area contributed by atoms with E-state index in [0.717, 1.165) is 5.56 Å². The van der Waals surface area contributed by atoms with Crippen molar-refractivity contribution in [3.63, 3.8) is 0 Å². The maximum absolute atomic E-state index is 10.8. The third kappa shape index (κ3) is 1.85. The summed E-state index contributed by atoms with van der Waals surface area (Å²) in [5.74, 6) is 0.258. The molecule has 0 radical (unpaired) electrons. The van der Waals surface area contributed by atoms with Gasteiger partial charge in [0.25, 0.3) is 0 Å². The molecule has 0 fully saturated rings. The Morgan fingerprint density at radius 3 is 2.17 bits per heavy atom. The quantitative estimate of drug-likeness (QED) is 0.711. The lowest BCUT2D eigenvalue weighted by Crippen LogP contribution is -1.93. The molecule has 0 spiro atoms. The first-order valence-corrected chi connectivity index (χ1v) is 5.04. The standard InChI is InChI=1S/C9H12O2S/c1-7(2)8-5-3-4-6-9(8)12(10)11/h3-7,12H,1-2H3. The van der Waals surface area contributed by atoms with Gasteiger partial charge in [0.05, 0.1) is 4.90 Å². The molecule has 0 heterocycles. The molecule has 0 saturated heterocycles. The normalized spacial score (nSPS) is 11.0. The Balaban J connectivity index is 3.27. The minimum absolute atomic E-state index is 0.258. The van der Waals surface area contributed by atoms with Crippen LogP contribution in [0.5, 0.6) is 0 Å². The Hall–Kier alpha value is -0.830. The number of benzene rings is 1. The van der Waals surface area contributed by atoms with Gasteiger partial charge in [0, 0.05) is 0 Å². The fourth-order valence-corrected chi connectivity index (χ4v) is 1.89. The van der Waals surface area contributed by atoms with Gasteiger partial charge in [-0.25, -0.2) is 8.42 Å². The third-order valence-electron chi connectivity index (χ3n) is 1.76. The summed E-state index contributed by atoms with van der Waals surface area (Å²) < 4.78 is 21.5. The predicted octanol–water partition coefficient (Wildman–Crippen LogP) is 1.78. The van der Waals surface area contributed by atoms with Crippen molar-refractivity contribution in [1.29, 1.82) is 0 Å². The largest absolute Gasteiger partial charge is 0.227 e. The Bertz CT molecular complexity index is 332. The molecule has 0 bridgehead atoms. The average molecular weight is 184 g/mol. The lowest BCUT2D eigenvalue weighted by molar-refractivity contribution is 0.612. The van der Waals surface area contributed by atoms with Crippen molar-refractivity contribution in [2.24, 2.45) is 0 Å². The molecule has 0 aromatic heterocycles. The van der Waals surface area contributed by atoms with E-state index in [0.29, 0.717) is 4.90 Å². The van der Waals surface area contributed by atoms with Gasteiger partial charge in [-0.1, -0.05) is 32.0 Å². The van der Waals surface area contributed by atoms with Gasteiger partial charge >= 0.3 is 0 Å². The molecule has 12 heavy (non-hydrogen) atoms. The second kappa shape index (κ2) is 3.72. The number of thiol groups is 1. The van der Waals surface area contributed by atoms with Crippen molar-refractivity contribution in [2.75, 3.05) is 0 Å². The molecule has 1 aromatic carbocycles. The molecular formula is C9H12O2S. The van der Waals surface area contributed by atoms with Crippen LogP contribution in [-0.4, -0.2) is 8.42 Å². The summed E-state index contributed by atoms with van der Waals surface area (Å²) in [4.78, 5) is 0.447. The molecule has 0 saturated carbocycles. The molecule has 1 aromatic rings. The maximum atomic E-state index is 10.8. The fourth-order valence-electron chi connectivity index (χ4n) is 1.14. The molecule has 66 valence electrons. The van der Waals surface area contributed by atoms with Crippen molar-refractivity contribution in [2.45, 2.75) is 24.7 Å². The fraction of sp³-hybridized carbons (Fsp3) is 0.333. The summed E-state index contributed by atoms with van der Waals surface area (Å²) in [5, 5.41) is 0. The highest BCUT2D eigenvalue weighted by Gasteiger charge is 2.06. The number of rotatable bonds is 2. The van der Waals surface area contributed by atoms with Crippen LogP contribution in [0.4, 0.5) is 0 Å². The van der Waals surface area contributed by atoms with Crippen LogP contribution in [-0.2, 0) is 10.7 Å². The highest BCUT2D eigenvalue weighted by Crippen LogP contribution is 2.19. The monoisotopic (exact) mass is 184 g/mol. The van der Waals surface area contributed by atoms with Crippen LogP contribution in [0.1, 0.15) is 25.3 Å². The Morgan fingerprint density at radius 2 is 1.75 bits per heavy atom. The zero-order valence-electron chi connectivity index (χ0n) is 7.15. The van der Waals surface area contributed by atoms with Crippen molar-refractivity contribution < 1.29 is 8.42 Å². The smallest absolute Gasteiger partial charge is 0.168 e. The summed E-state index contributed by atoms with van der Waals surface area (Å²) in [6.07, 6.45) is 0. The predicted molar refractivity (Wildman–Crippen MR) is 49.1 cm³/mol. The summed E-state index contributed by atoms with van der Waals surface area (Å²) in [6.45, 7) is 3.97. The van der Waals surface area contributed by atoms with E-state index in [-0.39, 0.29) is 5.92 Å². The molecule has 0 aliphatic carbocycles. The highest BCUT2D eigenvalue weighted by molar-refractivity contribution is 7.72. The zero-order chi connectivity index (χ0) is 9.14. The highest BCUT2D eigenvalue weighted by atomic mass is 32.2. The van der Waals surface area contributed by atoms with Crippen molar-refractivity contribution >= 4 is 10.7 Å². The topological polar surface area (TPSA) is 34.1 Å². The lowest BCUT2D eigenvalue weighted by atomic mass is 10.0. The number of hydrogen-bond acceptors (Lipinski definition) is 2. The molecule has 0 N–H and O–H groups in total. The molecule has 0 aliphatic rings. The lowest BCUT2D eigenvalue weighted by Gasteiger charge is -2.06. The summed E-state index contributed by atoms with van der Waals surface area (Å²) in [7, 11) is -2.45. The summed E-state index contributed by atoms with van der Waals surface area (Å²) in [5.41, 5.74) is 0.897. The van der Waals surface area contributed by atoms with E-state index >= 15 is 0 Å². The number of hydrogen-bond donors (Lipinski definition) is 1. The van der Waals surface area contributed by atoms with Gasteiger partial charge < -0.3 is 0 Å². The van der Waals surface area contributed by atoms with Crippen LogP contribution in [0.15, 0.2) is 29.2 Å². The van der Waals surface area contributed by atoms with E-state index in [1.54, 1.807) is 12.1 Å².